The first-order chi connectivity index (χ1) is 7.72. The van der Waals surface area contributed by atoms with Crippen molar-refractivity contribution in [1.29, 1.82) is 0 Å². The summed E-state index contributed by atoms with van der Waals surface area (Å²) < 4.78 is 10.8. The molecule has 16 heavy (non-hydrogen) atoms. The van der Waals surface area contributed by atoms with Crippen LogP contribution in [0.1, 0.15) is 38.4 Å². The van der Waals surface area contributed by atoms with E-state index in [1.54, 1.807) is 0 Å². The van der Waals surface area contributed by atoms with Gasteiger partial charge in [-0.05, 0) is 13.3 Å². The maximum atomic E-state index is 5.71. The van der Waals surface area contributed by atoms with E-state index in [1.807, 2.05) is 0 Å². The Balaban J connectivity index is 1.78. The quantitative estimate of drug-likeness (QED) is 0.790. The molecule has 0 saturated carbocycles. The van der Waals surface area contributed by atoms with Crippen molar-refractivity contribution >= 4 is 0 Å². The van der Waals surface area contributed by atoms with E-state index in [0.29, 0.717) is 12.5 Å². The molecule has 0 bridgehead atoms. The van der Waals surface area contributed by atoms with Gasteiger partial charge in [-0.2, -0.15) is 4.98 Å². The van der Waals surface area contributed by atoms with Gasteiger partial charge in [-0.25, -0.2) is 0 Å². The average Bonchev–Trinajstić information content (AvgIpc) is 2.69. The van der Waals surface area contributed by atoms with Gasteiger partial charge in [-0.15, -0.1) is 0 Å². The predicted octanol–water partition coefficient (Wildman–Crippen LogP) is 1.29. The lowest BCUT2D eigenvalue weighted by atomic mass is 10.0. The van der Waals surface area contributed by atoms with E-state index in [1.165, 1.54) is 0 Å². The highest BCUT2D eigenvalue weighted by molar-refractivity contribution is 4.91. The third-order valence-electron chi connectivity index (χ3n) is 2.81. The third kappa shape index (κ3) is 2.80. The molecular formula is C11H19N3O2. The van der Waals surface area contributed by atoms with E-state index < -0.39 is 0 Å². The Morgan fingerprint density at radius 1 is 1.50 bits per heavy atom. The Kier molecular flexibility index (Phi) is 3.56. The lowest BCUT2D eigenvalue weighted by molar-refractivity contribution is -0.0841. The van der Waals surface area contributed by atoms with Gasteiger partial charge in [0.1, 0.15) is 6.61 Å². The zero-order valence-corrected chi connectivity index (χ0v) is 9.95. The third-order valence-corrected chi connectivity index (χ3v) is 2.81. The topological polar surface area (TPSA) is 60.2 Å². The van der Waals surface area contributed by atoms with Crippen molar-refractivity contribution in [2.24, 2.45) is 0 Å². The van der Waals surface area contributed by atoms with Crippen molar-refractivity contribution < 1.29 is 9.26 Å². The van der Waals surface area contributed by atoms with Crippen LogP contribution in [-0.2, 0) is 17.8 Å². The zero-order chi connectivity index (χ0) is 11.4. The molecule has 0 radical (unpaired) electrons. The minimum absolute atomic E-state index is 0.0575. The molecule has 1 aromatic rings. The average molecular weight is 225 g/mol. The summed E-state index contributed by atoms with van der Waals surface area (Å²) in [4.78, 5) is 4.29. The largest absolute Gasteiger partial charge is 0.363 e. The summed E-state index contributed by atoms with van der Waals surface area (Å²) in [5.41, 5.74) is -0.0575. The molecule has 0 amide bonds. The summed E-state index contributed by atoms with van der Waals surface area (Å²) in [6.07, 6.45) is 3.13. The first-order valence-electron chi connectivity index (χ1n) is 5.88. The minimum atomic E-state index is -0.0575. The smallest absolute Gasteiger partial charge is 0.252 e. The highest BCUT2D eigenvalue weighted by atomic mass is 16.5. The first-order valence-corrected chi connectivity index (χ1v) is 5.88. The van der Waals surface area contributed by atoms with Crippen LogP contribution >= 0.6 is 0 Å². The van der Waals surface area contributed by atoms with Gasteiger partial charge in [0.15, 0.2) is 5.82 Å². The molecule has 1 fully saturated rings. The van der Waals surface area contributed by atoms with E-state index >= 15 is 0 Å². The van der Waals surface area contributed by atoms with Gasteiger partial charge in [-0.1, -0.05) is 18.5 Å². The Morgan fingerprint density at radius 3 is 2.94 bits per heavy atom. The van der Waals surface area contributed by atoms with Crippen molar-refractivity contribution in [1.82, 2.24) is 15.5 Å². The molecule has 1 N–H and O–H groups in total. The van der Waals surface area contributed by atoms with Crippen LogP contribution < -0.4 is 5.32 Å². The van der Waals surface area contributed by atoms with Crippen molar-refractivity contribution in [3.8, 4) is 0 Å². The summed E-state index contributed by atoms with van der Waals surface area (Å²) >= 11 is 0. The predicted molar refractivity (Wildman–Crippen MR) is 59.0 cm³/mol. The number of aromatic nitrogens is 2. The van der Waals surface area contributed by atoms with Crippen LogP contribution in [0.25, 0.3) is 0 Å². The van der Waals surface area contributed by atoms with Crippen LogP contribution in [-0.4, -0.2) is 28.8 Å². The molecule has 0 aromatic carbocycles. The number of unbranched alkanes of at least 4 members (excludes halogenated alkanes) is 1. The van der Waals surface area contributed by atoms with E-state index in [9.17, 15) is 0 Å². The fourth-order valence-corrected chi connectivity index (χ4v) is 1.60. The second kappa shape index (κ2) is 4.93. The van der Waals surface area contributed by atoms with Crippen LogP contribution in [0.5, 0.6) is 0 Å². The second-order valence-corrected chi connectivity index (χ2v) is 4.55. The van der Waals surface area contributed by atoms with Crippen LogP contribution in [0.15, 0.2) is 4.52 Å². The Labute approximate surface area is 95.6 Å². The van der Waals surface area contributed by atoms with E-state index in [0.717, 1.165) is 38.2 Å². The number of ether oxygens (including phenoxy) is 1. The monoisotopic (exact) mass is 225 g/mol. The van der Waals surface area contributed by atoms with Crippen molar-refractivity contribution in [3.05, 3.63) is 11.7 Å². The van der Waals surface area contributed by atoms with Gasteiger partial charge >= 0.3 is 0 Å². The van der Waals surface area contributed by atoms with Crippen LogP contribution in [0.3, 0.4) is 0 Å². The summed E-state index contributed by atoms with van der Waals surface area (Å²) in [7, 11) is 0. The highest BCUT2D eigenvalue weighted by Gasteiger charge is 2.32. The van der Waals surface area contributed by atoms with Gasteiger partial charge in [0.05, 0.1) is 5.60 Å². The first kappa shape index (κ1) is 11.5. The molecule has 1 aromatic heterocycles. The van der Waals surface area contributed by atoms with E-state index in [-0.39, 0.29) is 5.60 Å². The maximum absolute atomic E-state index is 5.71. The number of hydrogen-bond donors (Lipinski definition) is 1. The van der Waals surface area contributed by atoms with Gasteiger partial charge in [-0.3, -0.25) is 0 Å². The molecule has 1 saturated heterocycles. The minimum Gasteiger partial charge on any atom is -0.363 e. The highest BCUT2D eigenvalue weighted by Crippen LogP contribution is 2.17. The normalized spacial score (nSPS) is 18.4. The molecule has 2 heterocycles. The number of aryl methyl sites for hydroxylation is 1. The molecule has 0 spiro atoms. The fraction of sp³-hybridized carbons (Fsp3) is 0.818. The molecule has 1 aliphatic heterocycles. The Bertz CT molecular complexity index is 334. The summed E-state index contributed by atoms with van der Waals surface area (Å²) in [5.74, 6) is 1.37. The van der Waals surface area contributed by atoms with E-state index in [4.69, 9.17) is 9.26 Å². The number of hydrogen-bond acceptors (Lipinski definition) is 5. The molecule has 5 nitrogen and oxygen atoms in total. The number of nitrogens with one attached hydrogen (secondary N) is 1. The van der Waals surface area contributed by atoms with Crippen molar-refractivity contribution in [2.75, 3.05) is 13.1 Å². The summed E-state index contributed by atoms with van der Waals surface area (Å²) in [6, 6.07) is 0. The number of rotatable bonds is 6. The van der Waals surface area contributed by atoms with Crippen molar-refractivity contribution in [3.63, 3.8) is 0 Å². The zero-order valence-electron chi connectivity index (χ0n) is 9.95. The van der Waals surface area contributed by atoms with Crippen LogP contribution in [0, 0.1) is 0 Å². The molecule has 0 aliphatic carbocycles. The van der Waals surface area contributed by atoms with Gasteiger partial charge in [0, 0.05) is 19.5 Å². The summed E-state index contributed by atoms with van der Waals surface area (Å²) in [5, 5.41) is 7.10. The molecule has 0 atom stereocenters. The molecule has 2 rings (SSSR count). The standard InChI is InChI=1S/C11H19N3O2/c1-3-4-5-9-13-10(16-14-9)6-15-11(2)7-12-8-11/h12H,3-8H2,1-2H3. The number of nitrogens with zero attached hydrogens (tertiary/aromatic N) is 2. The van der Waals surface area contributed by atoms with Crippen molar-refractivity contribution in [2.45, 2.75) is 45.3 Å². The molecule has 90 valence electrons. The Hall–Kier alpha value is -0.940. The second-order valence-electron chi connectivity index (χ2n) is 4.55. The van der Waals surface area contributed by atoms with Gasteiger partial charge in [0.2, 0.25) is 0 Å². The molecule has 0 unspecified atom stereocenters. The van der Waals surface area contributed by atoms with Gasteiger partial charge in [0.25, 0.3) is 5.89 Å². The fourth-order valence-electron chi connectivity index (χ4n) is 1.60. The van der Waals surface area contributed by atoms with Crippen LogP contribution in [0.2, 0.25) is 0 Å². The summed E-state index contributed by atoms with van der Waals surface area (Å²) in [6.45, 7) is 6.43. The molecule has 1 aliphatic rings. The maximum Gasteiger partial charge on any atom is 0.252 e. The van der Waals surface area contributed by atoms with Crippen LogP contribution in [0.4, 0.5) is 0 Å². The lowest BCUT2D eigenvalue weighted by Gasteiger charge is -2.38. The van der Waals surface area contributed by atoms with Gasteiger partial charge < -0.3 is 14.6 Å². The molecular weight excluding hydrogens is 206 g/mol. The Morgan fingerprint density at radius 2 is 2.31 bits per heavy atom. The van der Waals surface area contributed by atoms with E-state index in [2.05, 4.69) is 29.3 Å². The molecule has 5 heteroatoms. The SMILES string of the molecule is CCCCc1noc(COC2(C)CNC2)n1. The lowest BCUT2D eigenvalue weighted by Crippen LogP contribution is -2.58.